The number of methoxy groups -OCH3 is 1. The highest BCUT2D eigenvalue weighted by Gasteiger charge is 2.44. The maximum atomic E-state index is 13.3. The van der Waals surface area contributed by atoms with Crippen molar-refractivity contribution in [1.82, 2.24) is 4.57 Å². The number of carbonyl (C=O) groups is 2. The summed E-state index contributed by atoms with van der Waals surface area (Å²) >= 11 is 1.24. The first kappa shape index (κ1) is 22.7. The predicted molar refractivity (Wildman–Crippen MR) is 136 cm³/mol. The van der Waals surface area contributed by atoms with Crippen molar-refractivity contribution in [3.05, 3.63) is 106 Å². The molecule has 7 nitrogen and oxygen atoms in total. The Labute approximate surface area is 206 Å². The van der Waals surface area contributed by atoms with Crippen LogP contribution in [0.25, 0.3) is 0 Å². The van der Waals surface area contributed by atoms with Crippen LogP contribution in [0.2, 0.25) is 0 Å². The number of Topliss-reactive ketones (excluding diaryl/α,β-unsaturated/α-hetero) is 1. The minimum absolute atomic E-state index is 0.0655. The Morgan fingerprint density at radius 1 is 1.09 bits per heavy atom. The van der Waals surface area contributed by atoms with Gasteiger partial charge in [-0.25, -0.2) is 0 Å². The van der Waals surface area contributed by atoms with E-state index in [4.69, 9.17) is 14.9 Å². The van der Waals surface area contributed by atoms with Crippen molar-refractivity contribution >= 4 is 35.0 Å². The molecule has 3 aromatic rings. The lowest BCUT2D eigenvalue weighted by Gasteiger charge is -2.26. The number of nitrogens with one attached hydrogen (secondary N) is 2. The third kappa shape index (κ3) is 4.17. The second-order valence-electron chi connectivity index (χ2n) is 8.12. The van der Waals surface area contributed by atoms with E-state index in [1.165, 1.54) is 11.8 Å². The Hall–Kier alpha value is -4.04. The average Bonchev–Trinajstić information content (AvgIpc) is 3.46. The van der Waals surface area contributed by atoms with Crippen molar-refractivity contribution in [3.63, 3.8) is 0 Å². The summed E-state index contributed by atoms with van der Waals surface area (Å²) in [6.07, 6.45) is 1.80. The topological polar surface area (TPSA) is 93.4 Å². The lowest BCUT2D eigenvalue weighted by atomic mass is 9.87. The largest absolute Gasteiger partial charge is 0.497 e. The van der Waals surface area contributed by atoms with Gasteiger partial charge in [0.05, 0.1) is 29.9 Å². The molecule has 5 rings (SSSR count). The number of hydrogen-bond acceptors (Lipinski definition) is 6. The van der Waals surface area contributed by atoms with E-state index in [-0.39, 0.29) is 23.3 Å². The molecule has 0 spiro atoms. The van der Waals surface area contributed by atoms with Crippen molar-refractivity contribution in [1.29, 1.82) is 5.41 Å². The van der Waals surface area contributed by atoms with Gasteiger partial charge in [0.2, 0.25) is 0 Å². The number of rotatable bonds is 7. The van der Waals surface area contributed by atoms with Crippen molar-refractivity contribution in [2.24, 2.45) is 0 Å². The molecule has 0 saturated heterocycles. The summed E-state index contributed by atoms with van der Waals surface area (Å²) in [7, 11) is 1.58. The smallest absolute Gasteiger partial charge is 0.256 e. The number of para-hydroxylation sites is 1. The molecule has 176 valence electrons. The molecule has 2 aromatic carbocycles. The van der Waals surface area contributed by atoms with Crippen LogP contribution in [0.1, 0.15) is 28.9 Å². The summed E-state index contributed by atoms with van der Waals surface area (Å²) in [5.41, 5.74) is 3.12. The van der Waals surface area contributed by atoms with Gasteiger partial charge in [-0.3, -0.25) is 15.0 Å². The van der Waals surface area contributed by atoms with Gasteiger partial charge in [-0.15, -0.1) is 0 Å². The first-order valence-electron chi connectivity index (χ1n) is 11.0. The van der Waals surface area contributed by atoms with E-state index in [9.17, 15) is 9.59 Å². The maximum absolute atomic E-state index is 13.3. The molecule has 8 heteroatoms. The fraction of sp³-hybridized carbons (Fsp3) is 0.148. The quantitative estimate of drug-likeness (QED) is 0.449. The van der Waals surface area contributed by atoms with Crippen LogP contribution in [-0.4, -0.2) is 35.0 Å². The highest BCUT2D eigenvalue weighted by molar-refractivity contribution is 8.03. The Bertz CT molecular complexity index is 1390. The highest BCUT2D eigenvalue weighted by Crippen LogP contribution is 2.48. The van der Waals surface area contributed by atoms with E-state index in [0.29, 0.717) is 39.0 Å². The molecule has 1 atom stereocenters. The summed E-state index contributed by atoms with van der Waals surface area (Å²) in [5.74, 6) is 0.718. The number of allylic oxidation sites excluding steroid dienone is 2. The number of aromatic nitrogens is 1. The van der Waals surface area contributed by atoms with Crippen LogP contribution in [0.4, 0.5) is 5.69 Å². The maximum Gasteiger partial charge on any atom is 0.256 e. The summed E-state index contributed by atoms with van der Waals surface area (Å²) < 4.78 is 13.0. The van der Waals surface area contributed by atoms with Gasteiger partial charge in [-0.05, 0) is 55.5 Å². The second kappa shape index (κ2) is 9.31. The van der Waals surface area contributed by atoms with Crippen molar-refractivity contribution in [2.45, 2.75) is 12.8 Å². The van der Waals surface area contributed by atoms with Crippen LogP contribution in [0, 0.1) is 5.41 Å². The number of carbonyl (C=O) groups excluding carboxylic acids is 2. The summed E-state index contributed by atoms with van der Waals surface area (Å²) in [6, 6.07) is 19.9. The van der Waals surface area contributed by atoms with E-state index in [1.54, 1.807) is 49.1 Å². The van der Waals surface area contributed by atoms with E-state index < -0.39 is 5.92 Å². The molecule has 2 aliphatic heterocycles. The van der Waals surface area contributed by atoms with Gasteiger partial charge < -0.3 is 19.4 Å². The normalized spacial score (nSPS) is 16.5. The van der Waals surface area contributed by atoms with Crippen LogP contribution in [0.3, 0.4) is 0 Å². The molecule has 1 amide bonds. The molecule has 1 aromatic heterocycles. The molecule has 0 fully saturated rings. The molecule has 2 N–H and O–H groups in total. The number of ether oxygens (including phenoxy) is 2. The number of thioether (sulfide) groups is 1. The Morgan fingerprint density at radius 3 is 2.54 bits per heavy atom. The number of nitrogens with zero attached hydrogens (tertiary/aromatic N) is 1. The molecule has 2 aliphatic rings. The summed E-state index contributed by atoms with van der Waals surface area (Å²) in [6.45, 7) is 1.75. The van der Waals surface area contributed by atoms with E-state index in [2.05, 4.69) is 5.32 Å². The van der Waals surface area contributed by atoms with Gasteiger partial charge in [0.15, 0.2) is 10.9 Å². The zero-order valence-corrected chi connectivity index (χ0v) is 20.0. The van der Waals surface area contributed by atoms with Gasteiger partial charge in [-0.1, -0.05) is 30.0 Å². The fourth-order valence-corrected chi connectivity index (χ4v) is 5.30. The SMILES string of the molecule is COc1ccc(C(=O)CSC2=C3C(=N)n4cccc4C3C(C(=O)Nc3ccccc3)=C(C)O2)cc1. The molecule has 0 radical (unpaired) electrons. The van der Waals surface area contributed by atoms with Crippen molar-refractivity contribution < 1.29 is 19.1 Å². The predicted octanol–water partition coefficient (Wildman–Crippen LogP) is 5.19. The summed E-state index contributed by atoms with van der Waals surface area (Å²) in [5, 5.41) is 12.2. The number of fused-ring (bicyclic) bond motifs is 3. The van der Waals surface area contributed by atoms with Crippen LogP contribution >= 0.6 is 11.8 Å². The molecular weight excluding hydrogens is 462 g/mol. The number of amides is 1. The molecular formula is C27H23N3O4S. The average molecular weight is 486 g/mol. The molecule has 35 heavy (non-hydrogen) atoms. The zero-order chi connectivity index (χ0) is 24.5. The third-order valence-corrected chi connectivity index (χ3v) is 6.99. The molecule has 0 saturated carbocycles. The van der Waals surface area contributed by atoms with Gasteiger partial charge >= 0.3 is 0 Å². The number of hydrogen-bond donors (Lipinski definition) is 2. The first-order valence-corrected chi connectivity index (χ1v) is 12.0. The van der Waals surface area contributed by atoms with E-state index in [0.717, 1.165) is 5.69 Å². The Morgan fingerprint density at radius 2 is 1.83 bits per heavy atom. The monoisotopic (exact) mass is 485 g/mol. The zero-order valence-electron chi connectivity index (χ0n) is 19.2. The van der Waals surface area contributed by atoms with Crippen LogP contribution < -0.4 is 10.1 Å². The molecule has 0 bridgehead atoms. The second-order valence-corrected chi connectivity index (χ2v) is 9.07. The van der Waals surface area contributed by atoms with Crippen molar-refractivity contribution in [2.75, 3.05) is 18.2 Å². The molecule has 1 unspecified atom stereocenters. The first-order chi connectivity index (χ1) is 17.0. The van der Waals surface area contributed by atoms with Gasteiger partial charge in [0.25, 0.3) is 5.91 Å². The number of anilines is 1. The van der Waals surface area contributed by atoms with Gasteiger partial charge in [0.1, 0.15) is 17.3 Å². The Kier molecular flexibility index (Phi) is 6.05. The minimum atomic E-state index is -0.450. The van der Waals surface area contributed by atoms with Gasteiger partial charge in [0, 0.05) is 23.1 Å². The Balaban J connectivity index is 1.43. The van der Waals surface area contributed by atoms with E-state index in [1.807, 2.05) is 42.5 Å². The molecule has 3 heterocycles. The molecule has 0 aliphatic carbocycles. The third-order valence-electron chi connectivity index (χ3n) is 6.02. The lowest BCUT2D eigenvalue weighted by molar-refractivity contribution is -0.113. The van der Waals surface area contributed by atoms with Crippen LogP contribution in [0.5, 0.6) is 5.75 Å². The number of ketones is 1. The minimum Gasteiger partial charge on any atom is -0.497 e. The number of benzene rings is 2. The van der Waals surface area contributed by atoms with Crippen LogP contribution in [0.15, 0.2) is 94.9 Å². The van der Waals surface area contributed by atoms with Crippen LogP contribution in [-0.2, 0) is 9.53 Å². The van der Waals surface area contributed by atoms with E-state index >= 15 is 0 Å². The highest BCUT2D eigenvalue weighted by atomic mass is 32.2. The van der Waals surface area contributed by atoms with Crippen molar-refractivity contribution in [3.8, 4) is 5.75 Å². The fourth-order valence-electron chi connectivity index (χ4n) is 4.32. The van der Waals surface area contributed by atoms with Gasteiger partial charge in [-0.2, -0.15) is 0 Å². The lowest BCUT2D eigenvalue weighted by Crippen LogP contribution is -2.25. The standard InChI is InChI=1S/C27H23N3O4S/c1-16-22(26(32)29-18-7-4-3-5-8-18)23-20-9-6-14-30(20)25(28)24(23)27(34-16)35-15-21(31)17-10-12-19(33-2)13-11-17/h3-14,23,28H,15H2,1-2H3,(H,29,32). The summed E-state index contributed by atoms with van der Waals surface area (Å²) in [4.78, 5) is 26.2.